The Labute approximate surface area is 170 Å². The van der Waals surface area contributed by atoms with Crippen LogP contribution in [0.4, 0.5) is 5.69 Å². The number of benzene rings is 2. The van der Waals surface area contributed by atoms with Gasteiger partial charge in [0.15, 0.2) is 0 Å². The summed E-state index contributed by atoms with van der Waals surface area (Å²) in [6.45, 7) is 0. The molecule has 0 spiro atoms. The Morgan fingerprint density at radius 2 is 1.79 bits per heavy atom. The molecule has 0 amide bonds. The smallest absolute Gasteiger partial charge is 0.349 e. The number of fused-ring (bicyclic) bond motifs is 2. The summed E-state index contributed by atoms with van der Waals surface area (Å²) in [5.74, 6) is -0.0957. The number of para-hydroxylation sites is 2. The van der Waals surface area contributed by atoms with Crippen LogP contribution in [0.5, 0.6) is 5.75 Å². The van der Waals surface area contributed by atoms with Gasteiger partial charge in [-0.3, -0.25) is 9.98 Å². The van der Waals surface area contributed by atoms with Gasteiger partial charge in [0.2, 0.25) is 0 Å². The van der Waals surface area contributed by atoms with E-state index in [-0.39, 0.29) is 16.6 Å². The van der Waals surface area contributed by atoms with Crippen LogP contribution in [-0.4, -0.2) is 21.1 Å². The van der Waals surface area contributed by atoms with Crippen molar-refractivity contribution in [2.75, 3.05) is 0 Å². The van der Waals surface area contributed by atoms with E-state index in [1.165, 1.54) is 0 Å². The maximum atomic E-state index is 12.8. The third-order valence-corrected chi connectivity index (χ3v) is 6.12. The van der Waals surface area contributed by atoms with Crippen molar-refractivity contribution in [2.45, 2.75) is 16.6 Å². The van der Waals surface area contributed by atoms with Crippen molar-refractivity contribution in [3.63, 3.8) is 0 Å². The summed E-state index contributed by atoms with van der Waals surface area (Å²) in [5, 5.41) is 11.3. The predicted octanol–water partition coefficient (Wildman–Crippen LogP) is 4.73. The average molecular weight is 400 g/mol. The summed E-state index contributed by atoms with van der Waals surface area (Å²) < 4.78 is 5.49. The van der Waals surface area contributed by atoms with Crippen LogP contribution in [0.1, 0.15) is 11.3 Å². The van der Waals surface area contributed by atoms with E-state index < -0.39 is 5.63 Å². The third kappa shape index (κ3) is 3.21. The number of nitrogens with zero attached hydrogens (tertiary/aromatic N) is 2. The fourth-order valence-electron chi connectivity index (χ4n) is 3.48. The second kappa shape index (κ2) is 7.22. The van der Waals surface area contributed by atoms with E-state index in [1.54, 1.807) is 42.2 Å². The fourth-order valence-corrected chi connectivity index (χ4v) is 4.72. The largest absolute Gasteiger partial charge is 0.506 e. The Hall–Kier alpha value is -3.38. The number of aromatic nitrogens is 1. The normalized spacial score (nSPS) is 15.7. The molecule has 0 saturated heterocycles. The summed E-state index contributed by atoms with van der Waals surface area (Å²) in [5.41, 5.74) is 2.05. The minimum Gasteiger partial charge on any atom is -0.506 e. The molecule has 142 valence electrons. The van der Waals surface area contributed by atoms with Crippen LogP contribution >= 0.6 is 11.8 Å². The van der Waals surface area contributed by atoms with Gasteiger partial charge in [0, 0.05) is 23.2 Å². The number of hydrogen-bond acceptors (Lipinski definition) is 6. The van der Waals surface area contributed by atoms with Crippen LogP contribution in [0.25, 0.3) is 11.0 Å². The molecule has 4 aromatic rings. The lowest BCUT2D eigenvalue weighted by atomic mass is 10.0. The molecule has 5 nitrogen and oxygen atoms in total. The highest BCUT2D eigenvalue weighted by atomic mass is 32.2. The lowest BCUT2D eigenvalue weighted by molar-refractivity contribution is 0.466. The third-order valence-electron chi connectivity index (χ3n) is 4.84. The van der Waals surface area contributed by atoms with Gasteiger partial charge in [-0.2, -0.15) is 0 Å². The van der Waals surface area contributed by atoms with Crippen molar-refractivity contribution in [2.24, 2.45) is 4.99 Å². The van der Waals surface area contributed by atoms with Gasteiger partial charge in [0.1, 0.15) is 16.9 Å². The molecule has 0 saturated carbocycles. The highest BCUT2D eigenvalue weighted by molar-refractivity contribution is 8.01. The van der Waals surface area contributed by atoms with Gasteiger partial charge in [-0.15, -0.1) is 11.8 Å². The lowest BCUT2D eigenvalue weighted by Crippen LogP contribution is -2.28. The van der Waals surface area contributed by atoms with E-state index in [9.17, 15) is 9.90 Å². The van der Waals surface area contributed by atoms with E-state index in [4.69, 9.17) is 9.41 Å². The van der Waals surface area contributed by atoms with Crippen LogP contribution in [0.15, 0.2) is 92.0 Å². The minimum atomic E-state index is -0.592. The molecular weight excluding hydrogens is 384 g/mol. The van der Waals surface area contributed by atoms with Gasteiger partial charge in [0.25, 0.3) is 0 Å². The number of hydrogen-bond donors (Lipinski definition) is 1. The summed E-state index contributed by atoms with van der Waals surface area (Å²) in [6.07, 6.45) is 2.32. The molecule has 1 unspecified atom stereocenters. The average Bonchev–Trinajstić information content (AvgIpc) is 2.75. The van der Waals surface area contributed by atoms with E-state index in [2.05, 4.69) is 4.98 Å². The van der Waals surface area contributed by atoms with E-state index in [0.29, 0.717) is 23.1 Å². The highest BCUT2D eigenvalue weighted by Crippen LogP contribution is 2.41. The van der Waals surface area contributed by atoms with Gasteiger partial charge in [0.05, 0.1) is 22.0 Å². The molecule has 1 N–H and O–H groups in total. The zero-order valence-corrected chi connectivity index (χ0v) is 16.1. The number of aromatic hydroxyl groups is 1. The first-order valence-electron chi connectivity index (χ1n) is 9.20. The number of rotatable bonds is 3. The second-order valence-electron chi connectivity index (χ2n) is 6.71. The fraction of sp³-hybridized carbons (Fsp3) is 0.0870. The predicted molar refractivity (Wildman–Crippen MR) is 114 cm³/mol. The van der Waals surface area contributed by atoms with E-state index >= 15 is 0 Å². The SMILES string of the molecule is O=c1oc2ccccc2c(O)c1C1=Nc2ccccc2SC1Cc1ccccn1. The zero-order valence-electron chi connectivity index (χ0n) is 15.3. The maximum absolute atomic E-state index is 12.8. The minimum absolute atomic E-state index is 0.0957. The molecule has 5 rings (SSSR count). The number of aliphatic imine (C=N–C) groups is 1. The van der Waals surface area contributed by atoms with Crippen molar-refractivity contribution < 1.29 is 9.52 Å². The lowest BCUT2D eigenvalue weighted by Gasteiger charge is -2.24. The van der Waals surface area contributed by atoms with E-state index in [1.807, 2.05) is 42.5 Å². The number of pyridine rings is 1. The molecule has 0 fully saturated rings. The van der Waals surface area contributed by atoms with Gasteiger partial charge in [-0.1, -0.05) is 30.3 Å². The van der Waals surface area contributed by atoms with Crippen molar-refractivity contribution >= 4 is 34.1 Å². The van der Waals surface area contributed by atoms with Crippen molar-refractivity contribution in [1.29, 1.82) is 0 Å². The van der Waals surface area contributed by atoms with Crippen molar-refractivity contribution in [3.8, 4) is 5.75 Å². The Morgan fingerprint density at radius 1 is 1.00 bits per heavy atom. The quantitative estimate of drug-likeness (QED) is 0.503. The van der Waals surface area contributed by atoms with Crippen molar-refractivity contribution in [3.05, 3.63) is 94.6 Å². The molecule has 1 aliphatic rings. The first-order chi connectivity index (χ1) is 14.2. The maximum Gasteiger partial charge on any atom is 0.349 e. The van der Waals surface area contributed by atoms with Crippen LogP contribution < -0.4 is 5.63 Å². The van der Waals surface area contributed by atoms with Crippen molar-refractivity contribution in [1.82, 2.24) is 4.98 Å². The molecule has 2 aromatic heterocycles. The molecule has 6 heteroatoms. The first kappa shape index (κ1) is 17.7. The molecule has 0 bridgehead atoms. The van der Waals surface area contributed by atoms with Gasteiger partial charge < -0.3 is 9.52 Å². The summed E-state index contributed by atoms with van der Waals surface area (Å²) >= 11 is 1.62. The Balaban J connectivity index is 1.70. The molecule has 2 aromatic carbocycles. The summed E-state index contributed by atoms with van der Waals surface area (Å²) in [6, 6.07) is 20.5. The first-order valence-corrected chi connectivity index (χ1v) is 10.1. The molecule has 29 heavy (non-hydrogen) atoms. The monoisotopic (exact) mass is 400 g/mol. The van der Waals surface area contributed by atoms with Gasteiger partial charge in [-0.05, 0) is 36.4 Å². The molecular formula is C23H16N2O3S. The van der Waals surface area contributed by atoms with Crippen LogP contribution in [-0.2, 0) is 6.42 Å². The summed E-state index contributed by atoms with van der Waals surface area (Å²) in [4.78, 5) is 23.0. The number of thioether (sulfide) groups is 1. The summed E-state index contributed by atoms with van der Waals surface area (Å²) in [7, 11) is 0. The highest BCUT2D eigenvalue weighted by Gasteiger charge is 2.31. The zero-order chi connectivity index (χ0) is 19.8. The molecule has 0 aliphatic carbocycles. The standard InChI is InChI=1S/C23H16N2O3S/c26-22-15-8-1-3-10-17(15)28-23(27)20(22)21-19(13-14-7-5-6-12-24-14)29-18-11-4-2-9-16(18)25-21/h1-12,19,26H,13H2. The molecule has 0 radical (unpaired) electrons. The van der Waals surface area contributed by atoms with Crippen LogP contribution in [0.2, 0.25) is 0 Å². The Morgan fingerprint density at radius 3 is 2.66 bits per heavy atom. The topological polar surface area (TPSA) is 75.7 Å². The Bertz CT molecular complexity index is 1300. The molecule has 3 heterocycles. The Kier molecular flexibility index (Phi) is 4.41. The van der Waals surface area contributed by atoms with Gasteiger partial charge in [-0.25, -0.2) is 4.79 Å². The second-order valence-corrected chi connectivity index (χ2v) is 7.95. The van der Waals surface area contributed by atoms with Gasteiger partial charge >= 0.3 is 5.63 Å². The molecule has 1 atom stereocenters. The molecule has 1 aliphatic heterocycles. The van der Waals surface area contributed by atoms with E-state index in [0.717, 1.165) is 16.3 Å². The van der Waals surface area contributed by atoms with Crippen LogP contribution in [0, 0.1) is 0 Å². The van der Waals surface area contributed by atoms with Crippen LogP contribution in [0.3, 0.4) is 0 Å².